The second-order valence-electron chi connectivity index (χ2n) is 5.20. The van der Waals surface area contributed by atoms with Crippen molar-refractivity contribution in [1.29, 1.82) is 0 Å². The van der Waals surface area contributed by atoms with Crippen molar-refractivity contribution in [2.45, 2.75) is 44.6 Å². The predicted molar refractivity (Wildman–Crippen MR) is 53.2 cm³/mol. The largest absolute Gasteiger partial charge is 0.252 e. The zero-order chi connectivity index (χ0) is 8.67. The molecule has 0 amide bonds. The first kappa shape index (κ1) is 8.25. The Kier molecular flexibility index (Phi) is 2.06. The number of hydrazine groups is 1. The van der Waals surface area contributed by atoms with Crippen LogP contribution in [-0.4, -0.2) is 24.1 Å². The van der Waals surface area contributed by atoms with Crippen LogP contribution in [0, 0.1) is 11.8 Å². The second kappa shape index (κ2) is 3.25. The summed E-state index contributed by atoms with van der Waals surface area (Å²) in [5.74, 6) is 2.06. The van der Waals surface area contributed by atoms with Crippen LogP contribution in [0.3, 0.4) is 0 Å². The van der Waals surface area contributed by atoms with Gasteiger partial charge in [-0.15, -0.1) is 0 Å². The Morgan fingerprint density at radius 2 is 1.38 bits per heavy atom. The molecule has 3 rings (SSSR count). The summed E-state index contributed by atoms with van der Waals surface area (Å²) < 4.78 is 0. The molecule has 0 aliphatic heterocycles. The first-order valence-electron chi connectivity index (χ1n) is 5.91. The van der Waals surface area contributed by atoms with Crippen LogP contribution < -0.4 is 5.43 Å². The van der Waals surface area contributed by atoms with E-state index >= 15 is 0 Å². The molecule has 3 fully saturated rings. The van der Waals surface area contributed by atoms with E-state index in [1.165, 1.54) is 51.6 Å². The fourth-order valence-corrected chi connectivity index (χ4v) is 1.87. The van der Waals surface area contributed by atoms with Crippen molar-refractivity contribution in [3.8, 4) is 0 Å². The van der Waals surface area contributed by atoms with Gasteiger partial charge in [0.25, 0.3) is 0 Å². The summed E-state index contributed by atoms with van der Waals surface area (Å²) >= 11 is 0. The van der Waals surface area contributed by atoms with Gasteiger partial charge in [-0.1, -0.05) is 0 Å². The van der Waals surface area contributed by atoms with Gasteiger partial charge < -0.3 is 0 Å². The van der Waals surface area contributed by atoms with Crippen LogP contribution in [0.4, 0.5) is 0 Å². The number of hydrogen-bond donors (Lipinski definition) is 1. The van der Waals surface area contributed by atoms with E-state index in [2.05, 4.69) is 10.4 Å². The van der Waals surface area contributed by atoms with Crippen LogP contribution in [0.2, 0.25) is 0 Å². The third kappa shape index (κ3) is 2.68. The molecule has 0 bridgehead atoms. The Bertz CT molecular complexity index is 147. The molecule has 1 N–H and O–H groups in total. The van der Waals surface area contributed by atoms with Crippen molar-refractivity contribution in [2.75, 3.05) is 13.1 Å². The van der Waals surface area contributed by atoms with Crippen LogP contribution in [-0.2, 0) is 0 Å². The number of nitrogens with one attached hydrogen (secondary N) is 1. The van der Waals surface area contributed by atoms with Gasteiger partial charge >= 0.3 is 0 Å². The van der Waals surface area contributed by atoms with Crippen molar-refractivity contribution in [3.05, 3.63) is 0 Å². The van der Waals surface area contributed by atoms with E-state index in [-0.39, 0.29) is 0 Å². The fraction of sp³-hybridized carbons (Fsp3) is 1.00. The Labute approximate surface area is 80.7 Å². The van der Waals surface area contributed by atoms with E-state index in [0.29, 0.717) is 0 Å². The maximum Gasteiger partial charge on any atom is 0.0216 e. The molecule has 2 nitrogen and oxygen atoms in total. The lowest BCUT2D eigenvalue weighted by Gasteiger charge is -2.23. The lowest BCUT2D eigenvalue weighted by molar-refractivity contribution is 0.167. The molecule has 0 aromatic heterocycles. The third-order valence-corrected chi connectivity index (χ3v) is 3.29. The van der Waals surface area contributed by atoms with E-state index in [1.807, 2.05) is 0 Å². The molecule has 0 unspecified atom stereocenters. The predicted octanol–water partition coefficient (Wildman–Crippen LogP) is 1.78. The normalized spacial score (nSPS) is 28.4. The molecule has 3 aliphatic carbocycles. The van der Waals surface area contributed by atoms with Crippen LogP contribution in [0.15, 0.2) is 0 Å². The van der Waals surface area contributed by atoms with Gasteiger partial charge in [-0.2, -0.15) is 0 Å². The summed E-state index contributed by atoms with van der Waals surface area (Å²) in [6.07, 6.45) is 8.74. The van der Waals surface area contributed by atoms with Gasteiger partial charge in [0.1, 0.15) is 0 Å². The molecule has 0 aromatic rings. The van der Waals surface area contributed by atoms with Gasteiger partial charge in [-0.05, 0) is 50.4 Å². The molecule has 0 saturated heterocycles. The fourth-order valence-electron chi connectivity index (χ4n) is 1.87. The molecule has 3 aliphatic rings. The minimum absolute atomic E-state index is 0.845. The van der Waals surface area contributed by atoms with Crippen molar-refractivity contribution in [1.82, 2.24) is 10.4 Å². The minimum Gasteiger partial charge on any atom is -0.252 e. The summed E-state index contributed by atoms with van der Waals surface area (Å²) in [6.45, 7) is 2.65. The molecule has 3 saturated carbocycles. The van der Waals surface area contributed by atoms with Crippen LogP contribution in [0.1, 0.15) is 38.5 Å². The Hall–Kier alpha value is -0.0800. The molecular weight excluding hydrogens is 160 g/mol. The average Bonchev–Trinajstić information content (AvgIpc) is 2.94. The van der Waals surface area contributed by atoms with Gasteiger partial charge in [0.15, 0.2) is 0 Å². The smallest absolute Gasteiger partial charge is 0.0216 e. The molecule has 74 valence electrons. The molecule has 0 heterocycles. The number of rotatable bonds is 6. The van der Waals surface area contributed by atoms with Crippen molar-refractivity contribution < 1.29 is 0 Å². The topological polar surface area (TPSA) is 15.3 Å². The zero-order valence-corrected chi connectivity index (χ0v) is 8.34. The quantitative estimate of drug-likeness (QED) is 0.627. The maximum absolute atomic E-state index is 3.67. The molecule has 2 heteroatoms. The summed E-state index contributed by atoms with van der Waals surface area (Å²) in [5, 5.41) is 2.53. The minimum atomic E-state index is 0.845. The van der Waals surface area contributed by atoms with Crippen molar-refractivity contribution >= 4 is 0 Å². The Morgan fingerprint density at radius 3 is 1.77 bits per heavy atom. The molecule has 0 spiro atoms. The summed E-state index contributed by atoms with van der Waals surface area (Å²) in [6, 6.07) is 0.845. The standard InChI is InChI=1S/C11H20N2/c1-2-9(1)7-13(8-10-3-4-10)12-11-5-6-11/h9-12H,1-8H2. The summed E-state index contributed by atoms with van der Waals surface area (Å²) in [4.78, 5) is 0. The van der Waals surface area contributed by atoms with Gasteiger partial charge in [0, 0.05) is 19.1 Å². The third-order valence-electron chi connectivity index (χ3n) is 3.29. The zero-order valence-electron chi connectivity index (χ0n) is 8.34. The van der Waals surface area contributed by atoms with E-state index in [4.69, 9.17) is 0 Å². The maximum atomic E-state index is 3.67. The van der Waals surface area contributed by atoms with Gasteiger partial charge in [0.2, 0.25) is 0 Å². The Morgan fingerprint density at radius 1 is 0.846 bits per heavy atom. The van der Waals surface area contributed by atoms with E-state index in [0.717, 1.165) is 17.9 Å². The molecule has 13 heavy (non-hydrogen) atoms. The molecular formula is C11H20N2. The van der Waals surface area contributed by atoms with Crippen molar-refractivity contribution in [2.24, 2.45) is 11.8 Å². The molecule has 0 aromatic carbocycles. The average molecular weight is 180 g/mol. The number of hydrogen-bond acceptors (Lipinski definition) is 2. The lowest BCUT2D eigenvalue weighted by atomic mass is 10.3. The van der Waals surface area contributed by atoms with E-state index in [9.17, 15) is 0 Å². The van der Waals surface area contributed by atoms with E-state index in [1.54, 1.807) is 0 Å². The first-order chi connectivity index (χ1) is 6.40. The summed E-state index contributed by atoms with van der Waals surface area (Å²) in [7, 11) is 0. The summed E-state index contributed by atoms with van der Waals surface area (Å²) in [5.41, 5.74) is 3.67. The lowest BCUT2D eigenvalue weighted by Crippen LogP contribution is -2.42. The van der Waals surface area contributed by atoms with Gasteiger partial charge in [-0.3, -0.25) is 5.43 Å². The van der Waals surface area contributed by atoms with Crippen LogP contribution >= 0.6 is 0 Å². The Balaban J connectivity index is 1.45. The molecule has 0 radical (unpaired) electrons. The monoisotopic (exact) mass is 180 g/mol. The first-order valence-corrected chi connectivity index (χ1v) is 5.91. The highest BCUT2D eigenvalue weighted by molar-refractivity contribution is 4.85. The van der Waals surface area contributed by atoms with E-state index < -0.39 is 0 Å². The SMILES string of the molecule is C1CC1CN(CC1CC1)NC1CC1. The highest BCUT2D eigenvalue weighted by Crippen LogP contribution is 2.33. The van der Waals surface area contributed by atoms with Crippen LogP contribution in [0.5, 0.6) is 0 Å². The highest BCUT2D eigenvalue weighted by Gasteiger charge is 2.32. The van der Waals surface area contributed by atoms with Crippen molar-refractivity contribution in [3.63, 3.8) is 0 Å². The van der Waals surface area contributed by atoms with Crippen LogP contribution in [0.25, 0.3) is 0 Å². The number of nitrogens with zero attached hydrogens (tertiary/aromatic N) is 1. The molecule has 0 atom stereocenters. The van der Waals surface area contributed by atoms with Gasteiger partial charge in [0.05, 0.1) is 0 Å². The highest BCUT2D eigenvalue weighted by atomic mass is 15.5. The second-order valence-corrected chi connectivity index (χ2v) is 5.20. The van der Waals surface area contributed by atoms with Gasteiger partial charge in [-0.25, -0.2) is 5.01 Å².